The SMILES string of the molecule is CCCCC(C)OC(=O)CCCC(=O)Oc1c(F)cccc1Cl. The number of hydrogen-bond donors (Lipinski definition) is 0. The molecule has 0 saturated carbocycles. The first-order valence-corrected chi connectivity index (χ1v) is 8.16. The molecule has 0 radical (unpaired) electrons. The molecule has 0 bridgehead atoms. The van der Waals surface area contributed by atoms with Gasteiger partial charge in [0.25, 0.3) is 0 Å². The maximum atomic E-state index is 13.5. The Morgan fingerprint density at radius 1 is 1.22 bits per heavy atom. The van der Waals surface area contributed by atoms with Crippen LogP contribution in [-0.2, 0) is 14.3 Å². The second-order valence-electron chi connectivity index (χ2n) is 5.32. The summed E-state index contributed by atoms with van der Waals surface area (Å²) in [5.74, 6) is -1.96. The minimum atomic E-state index is -0.699. The maximum absolute atomic E-state index is 13.5. The van der Waals surface area contributed by atoms with Gasteiger partial charge >= 0.3 is 11.9 Å². The van der Waals surface area contributed by atoms with Crippen molar-refractivity contribution in [2.24, 2.45) is 0 Å². The van der Waals surface area contributed by atoms with Crippen LogP contribution in [0.3, 0.4) is 0 Å². The van der Waals surface area contributed by atoms with Crippen LogP contribution in [0.1, 0.15) is 52.4 Å². The molecule has 0 aliphatic heterocycles. The molecule has 0 aromatic heterocycles. The van der Waals surface area contributed by atoms with Crippen LogP contribution in [-0.4, -0.2) is 18.0 Å². The van der Waals surface area contributed by atoms with Crippen molar-refractivity contribution in [3.8, 4) is 5.75 Å². The second-order valence-corrected chi connectivity index (χ2v) is 5.73. The molecule has 0 fully saturated rings. The van der Waals surface area contributed by atoms with E-state index in [1.54, 1.807) is 0 Å². The number of hydrogen-bond acceptors (Lipinski definition) is 4. The van der Waals surface area contributed by atoms with E-state index in [0.717, 1.165) is 25.3 Å². The normalized spacial score (nSPS) is 11.8. The van der Waals surface area contributed by atoms with E-state index in [0.29, 0.717) is 0 Å². The van der Waals surface area contributed by atoms with Crippen LogP contribution in [0, 0.1) is 5.82 Å². The van der Waals surface area contributed by atoms with E-state index in [9.17, 15) is 14.0 Å². The molecule has 0 aliphatic rings. The van der Waals surface area contributed by atoms with Crippen LogP contribution in [0.2, 0.25) is 5.02 Å². The lowest BCUT2D eigenvalue weighted by molar-refractivity contribution is -0.148. The molecule has 1 atom stereocenters. The van der Waals surface area contributed by atoms with E-state index in [2.05, 4.69) is 6.92 Å². The van der Waals surface area contributed by atoms with Gasteiger partial charge in [-0.2, -0.15) is 0 Å². The lowest BCUT2D eigenvalue weighted by Gasteiger charge is -2.12. The third kappa shape index (κ3) is 7.46. The molecular weight excluding hydrogens is 323 g/mol. The predicted molar refractivity (Wildman–Crippen MR) is 86.0 cm³/mol. The number of halogens is 2. The molecule has 0 spiro atoms. The van der Waals surface area contributed by atoms with Crippen molar-refractivity contribution in [1.82, 2.24) is 0 Å². The van der Waals surface area contributed by atoms with E-state index in [4.69, 9.17) is 21.1 Å². The average Bonchev–Trinajstić information content (AvgIpc) is 2.49. The number of carbonyl (C=O) groups is 2. The van der Waals surface area contributed by atoms with E-state index < -0.39 is 11.8 Å². The zero-order chi connectivity index (χ0) is 17.2. The van der Waals surface area contributed by atoms with E-state index >= 15 is 0 Å². The van der Waals surface area contributed by atoms with Gasteiger partial charge in [-0.25, -0.2) is 4.39 Å². The van der Waals surface area contributed by atoms with Gasteiger partial charge in [0.05, 0.1) is 11.1 Å². The van der Waals surface area contributed by atoms with Crippen molar-refractivity contribution in [2.45, 2.75) is 58.5 Å². The Morgan fingerprint density at radius 3 is 2.57 bits per heavy atom. The van der Waals surface area contributed by atoms with Crippen molar-refractivity contribution >= 4 is 23.5 Å². The van der Waals surface area contributed by atoms with Gasteiger partial charge in [0.15, 0.2) is 11.6 Å². The van der Waals surface area contributed by atoms with Crippen molar-refractivity contribution in [2.75, 3.05) is 0 Å². The molecule has 6 heteroatoms. The standard InChI is InChI=1S/C17H22ClFO4/c1-3-4-7-12(2)22-15(20)10-6-11-16(21)23-17-13(18)8-5-9-14(17)19/h5,8-9,12H,3-4,6-7,10-11H2,1-2H3. The fraction of sp³-hybridized carbons (Fsp3) is 0.529. The fourth-order valence-corrected chi connectivity index (χ4v) is 2.16. The minimum Gasteiger partial charge on any atom is -0.463 e. The summed E-state index contributed by atoms with van der Waals surface area (Å²) >= 11 is 5.77. The highest BCUT2D eigenvalue weighted by molar-refractivity contribution is 6.32. The quantitative estimate of drug-likeness (QED) is 0.482. The number of para-hydroxylation sites is 1. The smallest absolute Gasteiger partial charge is 0.311 e. The predicted octanol–water partition coefficient (Wildman–Crippen LogP) is 4.68. The monoisotopic (exact) mass is 344 g/mol. The fourth-order valence-electron chi connectivity index (χ4n) is 1.96. The zero-order valence-corrected chi connectivity index (χ0v) is 14.2. The minimum absolute atomic E-state index is 0.0108. The topological polar surface area (TPSA) is 52.6 Å². The second kappa shape index (κ2) is 10.2. The third-order valence-corrected chi connectivity index (χ3v) is 3.49. The van der Waals surface area contributed by atoms with Crippen LogP contribution in [0.15, 0.2) is 18.2 Å². The summed E-state index contributed by atoms with van der Waals surface area (Å²) in [6.45, 7) is 3.92. The molecule has 128 valence electrons. The summed E-state index contributed by atoms with van der Waals surface area (Å²) < 4.78 is 23.6. The summed E-state index contributed by atoms with van der Waals surface area (Å²) in [7, 11) is 0. The number of esters is 2. The van der Waals surface area contributed by atoms with Gasteiger partial charge in [0, 0.05) is 12.8 Å². The molecule has 1 aromatic rings. The number of unbranched alkanes of at least 4 members (excludes halogenated alkanes) is 1. The third-order valence-electron chi connectivity index (χ3n) is 3.19. The molecule has 0 N–H and O–H groups in total. The first-order valence-electron chi connectivity index (χ1n) is 7.78. The first-order chi connectivity index (χ1) is 10.9. The Labute approximate surface area is 140 Å². The average molecular weight is 345 g/mol. The molecule has 4 nitrogen and oxygen atoms in total. The Kier molecular flexibility index (Phi) is 8.62. The Hall–Kier alpha value is -1.62. The summed E-state index contributed by atoms with van der Waals surface area (Å²) in [4.78, 5) is 23.3. The molecule has 1 rings (SSSR count). The number of carbonyl (C=O) groups excluding carboxylic acids is 2. The van der Waals surface area contributed by atoms with Gasteiger partial charge in [-0.15, -0.1) is 0 Å². The summed E-state index contributed by atoms with van der Waals surface area (Å²) in [5, 5.41) is 0.0301. The number of benzene rings is 1. The van der Waals surface area contributed by atoms with Crippen LogP contribution >= 0.6 is 11.6 Å². The van der Waals surface area contributed by atoms with Crippen molar-refractivity contribution < 1.29 is 23.5 Å². The summed E-state index contributed by atoms with van der Waals surface area (Å²) in [6.07, 6.45) is 3.16. The van der Waals surface area contributed by atoms with Crippen molar-refractivity contribution in [1.29, 1.82) is 0 Å². The first kappa shape index (κ1) is 19.4. The molecule has 0 heterocycles. The zero-order valence-electron chi connectivity index (χ0n) is 13.4. The molecular formula is C17H22ClFO4. The lowest BCUT2D eigenvalue weighted by Crippen LogP contribution is -2.15. The molecule has 1 aromatic carbocycles. The van der Waals surface area contributed by atoms with Crippen LogP contribution < -0.4 is 4.74 Å². The van der Waals surface area contributed by atoms with Gasteiger partial charge in [-0.1, -0.05) is 37.4 Å². The van der Waals surface area contributed by atoms with Gasteiger partial charge < -0.3 is 9.47 Å². The molecule has 0 amide bonds. The number of rotatable bonds is 9. The highest BCUT2D eigenvalue weighted by Gasteiger charge is 2.14. The van der Waals surface area contributed by atoms with Gasteiger partial charge in [-0.05, 0) is 31.9 Å². The van der Waals surface area contributed by atoms with E-state index in [-0.39, 0.29) is 42.1 Å². The number of ether oxygens (including phenoxy) is 2. The van der Waals surface area contributed by atoms with Gasteiger partial charge in [0.2, 0.25) is 0 Å². The maximum Gasteiger partial charge on any atom is 0.311 e. The van der Waals surface area contributed by atoms with Crippen molar-refractivity contribution in [3.63, 3.8) is 0 Å². The van der Waals surface area contributed by atoms with Gasteiger partial charge in [-0.3, -0.25) is 9.59 Å². The Balaban J connectivity index is 2.30. The molecule has 0 saturated heterocycles. The van der Waals surface area contributed by atoms with Crippen LogP contribution in [0.25, 0.3) is 0 Å². The Bertz CT molecular complexity index is 513. The van der Waals surface area contributed by atoms with Crippen LogP contribution in [0.4, 0.5) is 4.39 Å². The van der Waals surface area contributed by atoms with Crippen LogP contribution in [0.5, 0.6) is 5.75 Å². The summed E-state index contributed by atoms with van der Waals surface area (Å²) in [5.41, 5.74) is 0. The van der Waals surface area contributed by atoms with Gasteiger partial charge in [0.1, 0.15) is 0 Å². The summed E-state index contributed by atoms with van der Waals surface area (Å²) in [6, 6.07) is 4.01. The van der Waals surface area contributed by atoms with E-state index in [1.165, 1.54) is 12.1 Å². The molecule has 1 unspecified atom stereocenters. The van der Waals surface area contributed by atoms with Crippen molar-refractivity contribution in [3.05, 3.63) is 29.0 Å². The molecule has 0 aliphatic carbocycles. The lowest BCUT2D eigenvalue weighted by atomic mass is 10.2. The Morgan fingerprint density at radius 2 is 1.91 bits per heavy atom. The largest absolute Gasteiger partial charge is 0.463 e. The highest BCUT2D eigenvalue weighted by atomic mass is 35.5. The highest BCUT2D eigenvalue weighted by Crippen LogP contribution is 2.27. The van der Waals surface area contributed by atoms with E-state index in [1.807, 2.05) is 6.92 Å². The molecule has 23 heavy (non-hydrogen) atoms.